The second-order valence-corrected chi connectivity index (χ2v) is 4.85. The lowest BCUT2D eigenvalue weighted by atomic mass is 9.98. The fourth-order valence-corrected chi connectivity index (χ4v) is 2.11. The van der Waals surface area contributed by atoms with E-state index in [1.165, 1.54) is 5.56 Å². The quantitative estimate of drug-likeness (QED) is 0.866. The monoisotopic (exact) mass is 232 g/mol. The molecule has 1 amide bonds. The van der Waals surface area contributed by atoms with E-state index in [1.54, 1.807) is 0 Å². The third kappa shape index (κ3) is 2.50. The molecule has 0 saturated carbocycles. The molecule has 2 unspecified atom stereocenters. The topological polar surface area (TPSA) is 32.3 Å². The largest absolute Gasteiger partial charge is 0.288 e. The summed E-state index contributed by atoms with van der Waals surface area (Å²) in [5.74, 6) is 0.0961. The van der Waals surface area contributed by atoms with Gasteiger partial charge in [0, 0.05) is 12.6 Å². The van der Waals surface area contributed by atoms with Gasteiger partial charge in [0.05, 0.1) is 5.92 Å². The normalized spacial score (nSPS) is 22.5. The summed E-state index contributed by atoms with van der Waals surface area (Å²) in [6.45, 7) is 7.11. The zero-order valence-electron chi connectivity index (χ0n) is 10.7. The number of nitrogens with zero attached hydrogens (tertiary/aromatic N) is 1. The molecule has 1 heterocycles. The summed E-state index contributed by atoms with van der Waals surface area (Å²) < 4.78 is 0. The first-order chi connectivity index (χ1) is 8.11. The minimum Gasteiger partial charge on any atom is -0.288 e. The number of hydrazine groups is 1. The van der Waals surface area contributed by atoms with Gasteiger partial charge in [-0.2, -0.15) is 0 Å². The van der Waals surface area contributed by atoms with Gasteiger partial charge >= 0.3 is 0 Å². The van der Waals surface area contributed by atoms with Crippen LogP contribution >= 0.6 is 0 Å². The summed E-state index contributed by atoms with van der Waals surface area (Å²) in [5.41, 5.74) is 5.30. The van der Waals surface area contributed by atoms with Crippen molar-refractivity contribution in [3.05, 3.63) is 35.4 Å². The molecule has 0 aliphatic carbocycles. The van der Waals surface area contributed by atoms with Crippen molar-refractivity contribution in [3.8, 4) is 0 Å². The summed E-state index contributed by atoms with van der Waals surface area (Å²) in [7, 11) is 0. The van der Waals surface area contributed by atoms with Crippen LogP contribution in [0, 0.1) is 6.92 Å². The third-order valence-electron chi connectivity index (χ3n) is 3.55. The number of rotatable bonds is 3. The van der Waals surface area contributed by atoms with Crippen LogP contribution < -0.4 is 5.43 Å². The smallest absolute Gasteiger partial charge is 0.243 e. The summed E-state index contributed by atoms with van der Waals surface area (Å²) in [4.78, 5) is 11.9. The van der Waals surface area contributed by atoms with Gasteiger partial charge in [0.1, 0.15) is 0 Å². The van der Waals surface area contributed by atoms with Crippen LogP contribution in [0.5, 0.6) is 0 Å². The van der Waals surface area contributed by atoms with Crippen LogP contribution in [0.4, 0.5) is 0 Å². The predicted molar refractivity (Wildman–Crippen MR) is 68.5 cm³/mol. The summed E-state index contributed by atoms with van der Waals surface area (Å²) in [5, 5.41) is 2.05. The van der Waals surface area contributed by atoms with Crippen molar-refractivity contribution in [2.45, 2.75) is 39.2 Å². The van der Waals surface area contributed by atoms with E-state index in [4.69, 9.17) is 0 Å². The molecule has 1 saturated heterocycles. The standard InChI is InChI=1S/C14H20N2O/c1-4-11(3)16-9-13(14(17)15-16)12-7-5-10(2)6-8-12/h5-8,11,13H,4,9H2,1-3H3,(H,15,17). The molecule has 0 aromatic heterocycles. The molecule has 17 heavy (non-hydrogen) atoms. The fraction of sp³-hybridized carbons (Fsp3) is 0.500. The zero-order chi connectivity index (χ0) is 12.4. The highest BCUT2D eigenvalue weighted by molar-refractivity contribution is 5.85. The lowest BCUT2D eigenvalue weighted by molar-refractivity contribution is -0.122. The van der Waals surface area contributed by atoms with Crippen molar-refractivity contribution in [2.75, 3.05) is 6.54 Å². The molecule has 2 atom stereocenters. The predicted octanol–water partition coefficient (Wildman–Crippen LogP) is 2.22. The van der Waals surface area contributed by atoms with Gasteiger partial charge in [-0.05, 0) is 25.8 Å². The summed E-state index contributed by atoms with van der Waals surface area (Å²) in [6, 6.07) is 8.64. The fourth-order valence-electron chi connectivity index (χ4n) is 2.11. The van der Waals surface area contributed by atoms with E-state index < -0.39 is 0 Å². The highest BCUT2D eigenvalue weighted by atomic mass is 16.2. The highest BCUT2D eigenvalue weighted by Crippen LogP contribution is 2.23. The van der Waals surface area contributed by atoms with E-state index >= 15 is 0 Å². The van der Waals surface area contributed by atoms with Gasteiger partial charge < -0.3 is 0 Å². The third-order valence-corrected chi connectivity index (χ3v) is 3.55. The van der Waals surface area contributed by atoms with Gasteiger partial charge in [0.15, 0.2) is 0 Å². The first-order valence-corrected chi connectivity index (χ1v) is 6.25. The maximum Gasteiger partial charge on any atom is 0.243 e. The molecule has 2 rings (SSSR count). The van der Waals surface area contributed by atoms with Gasteiger partial charge in [0.25, 0.3) is 0 Å². The van der Waals surface area contributed by atoms with Crippen molar-refractivity contribution in [2.24, 2.45) is 0 Å². The molecular weight excluding hydrogens is 212 g/mol. The Bertz CT molecular complexity index is 399. The molecule has 92 valence electrons. The molecule has 1 N–H and O–H groups in total. The van der Waals surface area contributed by atoms with Crippen LogP contribution in [0.25, 0.3) is 0 Å². The average molecular weight is 232 g/mol. The number of aryl methyl sites for hydroxylation is 1. The zero-order valence-corrected chi connectivity index (χ0v) is 10.7. The van der Waals surface area contributed by atoms with Crippen LogP contribution in [0.1, 0.15) is 37.3 Å². The Hall–Kier alpha value is -1.35. The molecule has 1 aromatic carbocycles. The van der Waals surface area contributed by atoms with Gasteiger partial charge in [-0.25, -0.2) is 5.01 Å². The van der Waals surface area contributed by atoms with Crippen LogP contribution in [-0.4, -0.2) is 23.5 Å². The van der Waals surface area contributed by atoms with Crippen molar-refractivity contribution < 1.29 is 4.79 Å². The van der Waals surface area contributed by atoms with Gasteiger partial charge in [-0.3, -0.25) is 10.2 Å². The minimum absolute atomic E-state index is 0.0235. The maximum absolute atomic E-state index is 11.9. The van der Waals surface area contributed by atoms with E-state index in [1.807, 2.05) is 5.01 Å². The number of nitrogens with one attached hydrogen (secondary N) is 1. The number of benzene rings is 1. The molecule has 1 aromatic rings. The van der Waals surface area contributed by atoms with E-state index in [-0.39, 0.29) is 11.8 Å². The van der Waals surface area contributed by atoms with E-state index in [2.05, 4.69) is 50.5 Å². The Morgan fingerprint density at radius 2 is 2.06 bits per heavy atom. The Labute approximate surface area is 103 Å². The van der Waals surface area contributed by atoms with Crippen LogP contribution in [0.2, 0.25) is 0 Å². The summed E-state index contributed by atoms with van der Waals surface area (Å²) >= 11 is 0. The van der Waals surface area contributed by atoms with Crippen molar-refractivity contribution in [1.82, 2.24) is 10.4 Å². The van der Waals surface area contributed by atoms with Crippen LogP contribution in [0.3, 0.4) is 0 Å². The van der Waals surface area contributed by atoms with Gasteiger partial charge in [-0.1, -0.05) is 36.8 Å². The molecular formula is C14H20N2O. The Morgan fingerprint density at radius 1 is 1.41 bits per heavy atom. The minimum atomic E-state index is -0.0235. The maximum atomic E-state index is 11.9. The van der Waals surface area contributed by atoms with Crippen molar-refractivity contribution >= 4 is 5.91 Å². The van der Waals surface area contributed by atoms with E-state index in [0.29, 0.717) is 6.04 Å². The second-order valence-electron chi connectivity index (χ2n) is 4.85. The number of amides is 1. The molecule has 0 bridgehead atoms. The number of carbonyl (C=O) groups is 1. The lowest BCUT2D eigenvalue weighted by Gasteiger charge is -2.21. The molecule has 0 radical (unpaired) electrons. The molecule has 1 aliphatic heterocycles. The van der Waals surface area contributed by atoms with Crippen LogP contribution in [-0.2, 0) is 4.79 Å². The molecule has 3 nitrogen and oxygen atoms in total. The Kier molecular flexibility index (Phi) is 3.48. The van der Waals surface area contributed by atoms with Gasteiger partial charge in [0.2, 0.25) is 5.91 Å². The average Bonchev–Trinajstić information content (AvgIpc) is 2.71. The first kappa shape index (κ1) is 12.1. The first-order valence-electron chi connectivity index (χ1n) is 6.25. The van der Waals surface area contributed by atoms with Crippen LogP contribution in [0.15, 0.2) is 24.3 Å². The Balaban J connectivity index is 2.13. The number of carbonyl (C=O) groups excluding carboxylic acids is 1. The molecule has 0 spiro atoms. The van der Waals surface area contributed by atoms with E-state index in [9.17, 15) is 4.79 Å². The molecule has 1 fully saturated rings. The number of hydrogen-bond donors (Lipinski definition) is 1. The lowest BCUT2D eigenvalue weighted by Crippen LogP contribution is -2.39. The second kappa shape index (κ2) is 4.88. The SMILES string of the molecule is CCC(C)N1CC(c2ccc(C)cc2)C(=O)N1. The number of hydrogen-bond acceptors (Lipinski definition) is 2. The summed E-state index contributed by atoms with van der Waals surface area (Å²) in [6.07, 6.45) is 1.04. The van der Waals surface area contributed by atoms with E-state index in [0.717, 1.165) is 18.5 Å². The van der Waals surface area contributed by atoms with Gasteiger partial charge in [-0.15, -0.1) is 0 Å². The highest BCUT2D eigenvalue weighted by Gasteiger charge is 2.33. The van der Waals surface area contributed by atoms with Crippen molar-refractivity contribution in [1.29, 1.82) is 0 Å². The van der Waals surface area contributed by atoms with Crippen molar-refractivity contribution in [3.63, 3.8) is 0 Å². The molecule has 1 aliphatic rings. The Morgan fingerprint density at radius 3 is 2.65 bits per heavy atom. The molecule has 3 heteroatoms.